The van der Waals surface area contributed by atoms with Gasteiger partial charge in [0.1, 0.15) is 11.9 Å². The van der Waals surface area contributed by atoms with E-state index in [0.29, 0.717) is 17.6 Å². The third-order valence-electron chi connectivity index (χ3n) is 4.23. The molecule has 1 heterocycles. The van der Waals surface area contributed by atoms with E-state index in [-0.39, 0.29) is 0 Å². The molecule has 20 heavy (non-hydrogen) atoms. The average Bonchev–Trinajstić information content (AvgIpc) is 2.74. The second kappa shape index (κ2) is 6.17. The van der Waals surface area contributed by atoms with Gasteiger partial charge in [-0.3, -0.25) is 0 Å². The molecule has 2 unspecified atom stereocenters. The van der Waals surface area contributed by atoms with E-state index in [2.05, 4.69) is 58.1 Å². The number of rotatable bonds is 5. The van der Waals surface area contributed by atoms with Crippen molar-refractivity contribution in [3.05, 3.63) is 29.3 Å². The molecule has 0 spiro atoms. The van der Waals surface area contributed by atoms with Crippen LogP contribution in [0, 0.1) is 12.3 Å². The lowest BCUT2D eigenvalue weighted by molar-refractivity contribution is 0.185. The molecule has 0 fully saturated rings. The zero-order chi connectivity index (χ0) is 14.8. The number of fused-ring (bicyclic) bond motifs is 1. The lowest BCUT2D eigenvalue weighted by atomic mass is 9.83. The standard InChI is InChI=1S/C18H29NO/c1-6-19-17(18(3,4)5)10-8-15-12-14-11-13(2)7-9-16(14)20-15/h7,9,11,15,17,19H,6,8,10,12H2,1-5H3. The summed E-state index contributed by atoms with van der Waals surface area (Å²) >= 11 is 0. The number of aryl methyl sites for hydroxylation is 1. The second-order valence-electron chi connectivity index (χ2n) is 7.11. The molecule has 2 nitrogen and oxygen atoms in total. The monoisotopic (exact) mass is 275 g/mol. The molecule has 0 radical (unpaired) electrons. The quantitative estimate of drug-likeness (QED) is 0.873. The van der Waals surface area contributed by atoms with Gasteiger partial charge in [0.05, 0.1) is 0 Å². The van der Waals surface area contributed by atoms with Crippen molar-refractivity contribution >= 4 is 0 Å². The van der Waals surface area contributed by atoms with Gasteiger partial charge in [-0.1, -0.05) is 45.4 Å². The SMILES string of the molecule is CCNC(CCC1Cc2cc(C)ccc2O1)C(C)(C)C. The highest BCUT2D eigenvalue weighted by atomic mass is 16.5. The van der Waals surface area contributed by atoms with Gasteiger partial charge in [-0.2, -0.15) is 0 Å². The van der Waals surface area contributed by atoms with Crippen molar-refractivity contribution in [3.8, 4) is 5.75 Å². The van der Waals surface area contributed by atoms with Gasteiger partial charge in [-0.05, 0) is 43.4 Å². The molecule has 2 rings (SSSR count). The van der Waals surface area contributed by atoms with Crippen LogP contribution in [-0.2, 0) is 6.42 Å². The van der Waals surface area contributed by atoms with E-state index in [9.17, 15) is 0 Å². The van der Waals surface area contributed by atoms with Crippen molar-refractivity contribution in [2.45, 2.75) is 66.0 Å². The summed E-state index contributed by atoms with van der Waals surface area (Å²) in [4.78, 5) is 0. The Labute approximate surface area is 123 Å². The molecular weight excluding hydrogens is 246 g/mol. The Morgan fingerprint density at radius 2 is 2.10 bits per heavy atom. The van der Waals surface area contributed by atoms with E-state index in [4.69, 9.17) is 4.74 Å². The van der Waals surface area contributed by atoms with Crippen molar-refractivity contribution in [2.24, 2.45) is 5.41 Å². The van der Waals surface area contributed by atoms with Crippen LogP contribution in [0.1, 0.15) is 51.7 Å². The van der Waals surface area contributed by atoms with Crippen LogP contribution in [-0.4, -0.2) is 18.7 Å². The molecule has 0 saturated carbocycles. The molecule has 2 heteroatoms. The molecule has 0 bridgehead atoms. The van der Waals surface area contributed by atoms with Gasteiger partial charge in [-0.25, -0.2) is 0 Å². The van der Waals surface area contributed by atoms with Crippen LogP contribution >= 0.6 is 0 Å². The summed E-state index contributed by atoms with van der Waals surface area (Å²) < 4.78 is 6.08. The molecule has 1 aromatic carbocycles. The minimum Gasteiger partial charge on any atom is -0.490 e. The van der Waals surface area contributed by atoms with E-state index in [1.165, 1.54) is 17.5 Å². The zero-order valence-electron chi connectivity index (χ0n) is 13.6. The first kappa shape index (κ1) is 15.4. The predicted molar refractivity (Wildman–Crippen MR) is 85.5 cm³/mol. The first-order valence-corrected chi connectivity index (χ1v) is 7.89. The minimum atomic E-state index is 0.304. The lowest BCUT2D eigenvalue weighted by Gasteiger charge is -2.32. The molecule has 1 N–H and O–H groups in total. The van der Waals surface area contributed by atoms with E-state index >= 15 is 0 Å². The van der Waals surface area contributed by atoms with Crippen LogP contribution in [0.4, 0.5) is 0 Å². The van der Waals surface area contributed by atoms with Gasteiger partial charge in [0.25, 0.3) is 0 Å². The fourth-order valence-electron chi connectivity index (χ4n) is 3.05. The Kier molecular flexibility index (Phi) is 4.74. The minimum absolute atomic E-state index is 0.304. The Bertz CT molecular complexity index is 447. The van der Waals surface area contributed by atoms with Crippen molar-refractivity contribution in [3.63, 3.8) is 0 Å². The molecule has 1 aliphatic rings. The van der Waals surface area contributed by atoms with Crippen LogP contribution in [0.15, 0.2) is 18.2 Å². The number of hydrogen-bond acceptors (Lipinski definition) is 2. The third kappa shape index (κ3) is 3.76. The van der Waals surface area contributed by atoms with Gasteiger partial charge >= 0.3 is 0 Å². The van der Waals surface area contributed by atoms with Gasteiger partial charge in [0, 0.05) is 12.5 Å². The largest absolute Gasteiger partial charge is 0.490 e. The van der Waals surface area contributed by atoms with Crippen molar-refractivity contribution in [2.75, 3.05) is 6.54 Å². The Morgan fingerprint density at radius 1 is 1.35 bits per heavy atom. The van der Waals surface area contributed by atoms with Crippen LogP contribution in [0.3, 0.4) is 0 Å². The first-order chi connectivity index (χ1) is 9.40. The fourth-order valence-corrected chi connectivity index (χ4v) is 3.05. The van der Waals surface area contributed by atoms with E-state index in [0.717, 1.165) is 25.1 Å². The molecule has 2 atom stereocenters. The van der Waals surface area contributed by atoms with E-state index in [1.54, 1.807) is 0 Å². The summed E-state index contributed by atoms with van der Waals surface area (Å²) in [5.41, 5.74) is 3.01. The summed E-state index contributed by atoms with van der Waals surface area (Å²) in [6.07, 6.45) is 3.73. The number of ether oxygens (including phenoxy) is 1. The fraction of sp³-hybridized carbons (Fsp3) is 0.667. The first-order valence-electron chi connectivity index (χ1n) is 7.89. The smallest absolute Gasteiger partial charge is 0.123 e. The summed E-state index contributed by atoms with van der Waals surface area (Å²) in [6, 6.07) is 7.08. The molecule has 0 aromatic heterocycles. The normalized spacial score (nSPS) is 19.6. The zero-order valence-corrected chi connectivity index (χ0v) is 13.6. The van der Waals surface area contributed by atoms with E-state index in [1.807, 2.05) is 0 Å². The van der Waals surface area contributed by atoms with E-state index < -0.39 is 0 Å². The Hall–Kier alpha value is -1.02. The predicted octanol–water partition coefficient (Wildman–Crippen LogP) is 4.10. The summed E-state index contributed by atoms with van der Waals surface area (Å²) in [5, 5.41) is 3.62. The molecule has 0 aliphatic carbocycles. The molecule has 1 aromatic rings. The van der Waals surface area contributed by atoms with Crippen molar-refractivity contribution < 1.29 is 4.74 Å². The van der Waals surface area contributed by atoms with Crippen LogP contribution < -0.4 is 10.1 Å². The molecule has 1 aliphatic heterocycles. The maximum Gasteiger partial charge on any atom is 0.123 e. The third-order valence-corrected chi connectivity index (χ3v) is 4.23. The molecule has 112 valence electrons. The van der Waals surface area contributed by atoms with Crippen molar-refractivity contribution in [1.82, 2.24) is 5.32 Å². The van der Waals surface area contributed by atoms with Crippen LogP contribution in [0.5, 0.6) is 5.75 Å². The van der Waals surface area contributed by atoms with Gasteiger partial charge in [0.15, 0.2) is 0 Å². The summed E-state index contributed by atoms with van der Waals surface area (Å²) in [5.74, 6) is 1.09. The second-order valence-corrected chi connectivity index (χ2v) is 7.11. The van der Waals surface area contributed by atoms with Crippen LogP contribution in [0.25, 0.3) is 0 Å². The highest BCUT2D eigenvalue weighted by Gasteiger charge is 2.27. The number of nitrogens with one attached hydrogen (secondary N) is 1. The van der Waals surface area contributed by atoms with Gasteiger partial charge < -0.3 is 10.1 Å². The summed E-state index contributed by atoms with van der Waals surface area (Å²) in [7, 11) is 0. The van der Waals surface area contributed by atoms with Crippen LogP contribution in [0.2, 0.25) is 0 Å². The Morgan fingerprint density at radius 3 is 2.75 bits per heavy atom. The number of hydrogen-bond donors (Lipinski definition) is 1. The average molecular weight is 275 g/mol. The molecule has 0 saturated heterocycles. The number of benzene rings is 1. The Balaban J connectivity index is 1.90. The maximum absolute atomic E-state index is 6.08. The lowest BCUT2D eigenvalue weighted by Crippen LogP contribution is -2.40. The molecule has 0 amide bonds. The molecular formula is C18H29NO. The van der Waals surface area contributed by atoms with Gasteiger partial charge in [0.2, 0.25) is 0 Å². The van der Waals surface area contributed by atoms with Crippen molar-refractivity contribution in [1.29, 1.82) is 0 Å². The summed E-state index contributed by atoms with van der Waals surface area (Å²) in [6.45, 7) is 12.3. The highest BCUT2D eigenvalue weighted by Crippen LogP contribution is 2.32. The highest BCUT2D eigenvalue weighted by molar-refractivity contribution is 5.40. The maximum atomic E-state index is 6.08. The van der Waals surface area contributed by atoms with Gasteiger partial charge in [-0.15, -0.1) is 0 Å². The topological polar surface area (TPSA) is 21.3 Å².